The van der Waals surface area contributed by atoms with Gasteiger partial charge in [0.25, 0.3) is 0 Å². The molecule has 0 radical (unpaired) electrons. The van der Waals surface area contributed by atoms with Crippen LogP contribution in [-0.4, -0.2) is 19.2 Å². The number of ether oxygens (including phenoxy) is 3. The molecule has 0 spiro atoms. The zero-order valence-electron chi connectivity index (χ0n) is 8.08. The Morgan fingerprint density at radius 3 is 2.87 bits per heavy atom. The molecule has 1 aliphatic heterocycles. The van der Waals surface area contributed by atoms with E-state index in [0.29, 0.717) is 29.7 Å². The van der Waals surface area contributed by atoms with E-state index in [4.69, 9.17) is 25.8 Å². The van der Waals surface area contributed by atoms with Gasteiger partial charge in [0.1, 0.15) is 13.2 Å². The van der Waals surface area contributed by atoms with Crippen LogP contribution in [0.25, 0.3) is 0 Å². The van der Waals surface area contributed by atoms with Gasteiger partial charge in [0.15, 0.2) is 11.5 Å². The highest BCUT2D eigenvalue weighted by atomic mass is 35.5. The number of fused-ring (bicyclic) bond motifs is 1. The van der Waals surface area contributed by atoms with Crippen LogP contribution in [0.3, 0.4) is 0 Å². The minimum absolute atomic E-state index is 0.223. The fourth-order valence-electron chi connectivity index (χ4n) is 1.31. The molecule has 1 aromatic rings. The molecule has 0 atom stereocenters. The number of carbonyl (C=O) groups excluding carboxylic acids is 1. The van der Waals surface area contributed by atoms with Gasteiger partial charge < -0.3 is 14.2 Å². The Kier molecular flexibility index (Phi) is 2.68. The summed E-state index contributed by atoms with van der Waals surface area (Å²) < 4.78 is 15.6. The second-order valence-corrected chi connectivity index (χ2v) is 3.40. The number of rotatable bonds is 1. The molecule has 0 N–H and O–H groups in total. The minimum Gasteiger partial charge on any atom is -0.486 e. The summed E-state index contributed by atoms with van der Waals surface area (Å²) in [6.45, 7) is 2.20. The summed E-state index contributed by atoms with van der Waals surface area (Å²) in [7, 11) is 0. The molecule has 4 nitrogen and oxygen atoms in total. The zero-order chi connectivity index (χ0) is 10.8. The summed E-state index contributed by atoms with van der Waals surface area (Å²) in [5.74, 6) is 0.715. The Hall–Kier alpha value is -1.42. The molecule has 80 valence electrons. The first-order valence-electron chi connectivity index (χ1n) is 4.45. The maximum atomic E-state index is 10.9. The van der Waals surface area contributed by atoms with Crippen molar-refractivity contribution in [3.8, 4) is 17.2 Å². The van der Waals surface area contributed by atoms with Gasteiger partial charge in [0.2, 0.25) is 5.75 Å². The standard InChI is InChI=1S/C10H9ClO4/c1-6(12)15-9-7(11)2-3-8-10(9)14-5-4-13-8/h2-3H,4-5H2,1H3. The molecule has 0 fully saturated rings. The predicted octanol–water partition coefficient (Wildman–Crippen LogP) is 2.04. The Morgan fingerprint density at radius 1 is 1.40 bits per heavy atom. The first kappa shape index (κ1) is 10.1. The lowest BCUT2D eigenvalue weighted by molar-refractivity contribution is -0.132. The average molecular weight is 229 g/mol. The van der Waals surface area contributed by atoms with Crippen molar-refractivity contribution in [3.05, 3.63) is 17.2 Å². The molecule has 0 amide bonds. The smallest absolute Gasteiger partial charge is 0.308 e. The van der Waals surface area contributed by atoms with Crippen molar-refractivity contribution in [1.29, 1.82) is 0 Å². The van der Waals surface area contributed by atoms with Crippen LogP contribution in [0.2, 0.25) is 5.02 Å². The van der Waals surface area contributed by atoms with Crippen molar-refractivity contribution in [3.63, 3.8) is 0 Å². The van der Waals surface area contributed by atoms with Gasteiger partial charge in [-0.25, -0.2) is 0 Å². The Labute approximate surface area is 91.7 Å². The van der Waals surface area contributed by atoms with Crippen molar-refractivity contribution in [2.75, 3.05) is 13.2 Å². The van der Waals surface area contributed by atoms with Gasteiger partial charge in [-0.05, 0) is 12.1 Å². The normalized spacial score (nSPS) is 13.5. The molecule has 15 heavy (non-hydrogen) atoms. The SMILES string of the molecule is CC(=O)Oc1c(Cl)ccc2c1OCCO2. The van der Waals surface area contributed by atoms with E-state index in [1.165, 1.54) is 6.92 Å². The van der Waals surface area contributed by atoms with Gasteiger partial charge in [-0.3, -0.25) is 4.79 Å². The van der Waals surface area contributed by atoms with E-state index < -0.39 is 5.97 Å². The molecule has 1 heterocycles. The van der Waals surface area contributed by atoms with Crippen molar-refractivity contribution in [2.24, 2.45) is 0 Å². The fourth-order valence-corrected chi connectivity index (χ4v) is 1.49. The highest BCUT2D eigenvalue weighted by molar-refractivity contribution is 6.32. The minimum atomic E-state index is -0.445. The Bertz CT molecular complexity index is 403. The van der Waals surface area contributed by atoms with E-state index in [1.807, 2.05) is 0 Å². The molecule has 0 bridgehead atoms. The molecule has 0 aliphatic carbocycles. The van der Waals surface area contributed by atoms with Crippen LogP contribution < -0.4 is 14.2 Å². The van der Waals surface area contributed by atoms with Crippen LogP contribution in [0.4, 0.5) is 0 Å². The third-order valence-electron chi connectivity index (χ3n) is 1.86. The molecule has 2 rings (SSSR count). The highest BCUT2D eigenvalue weighted by Crippen LogP contribution is 2.43. The van der Waals surface area contributed by atoms with E-state index in [0.717, 1.165) is 0 Å². The van der Waals surface area contributed by atoms with Gasteiger partial charge in [-0.15, -0.1) is 0 Å². The lowest BCUT2D eigenvalue weighted by atomic mass is 10.3. The molecular formula is C10H9ClO4. The number of carbonyl (C=O) groups is 1. The summed E-state index contributed by atoms with van der Waals surface area (Å²) in [6.07, 6.45) is 0. The largest absolute Gasteiger partial charge is 0.486 e. The van der Waals surface area contributed by atoms with Crippen LogP contribution in [0.15, 0.2) is 12.1 Å². The van der Waals surface area contributed by atoms with Crippen LogP contribution in [-0.2, 0) is 4.79 Å². The summed E-state index contributed by atoms with van der Waals surface area (Å²) >= 11 is 5.89. The lowest BCUT2D eigenvalue weighted by Gasteiger charge is -2.20. The number of hydrogen-bond acceptors (Lipinski definition) is 4. The molecule has 1 aromatic carbocycles. The fraction of sp³-hybridized carbons (Fsp3) is 0.300. The first-order chi connectivity index (χ1) is 7.18. The zero-order valence-corrected chi connectivity index (χ0v) is 8.84. The number of halogens is 1. The monoisotopic (exact) mass is 228 g/mol. The van der Waals surface area contributed by atoms with Gasteiger partial charge >= 0.3 is 5.97 Å². The predicted molar refractivity (Wildman–Crippen MR) is 53.8 cm³/mol. The second-order valence-electron chi connectivity index (χ2n) is 2.99. The third-order valence-corrected chi connectivity index (χ3v) is 2.16. The summed E-state index contributed by atoms with van der Waals surface area (Å²) in [5, 5.41) is 0.328. The number of hydrogen-bond donors (Lipinski definition) is 0. The van der Waals surface area contributed by atoms with E-state index in [1.54, 1.807) is 12.1 Å². The molecule has 0 unspecified atom stereocenters. The maximum Gasteiger partial charge on any atom is 0.308 e. The average Bonchev–Trinajstić information content (AvgIpc) is 2.22. The van der Waals surface area contributed by atoms with Crippen LogP contribution in [0.1, 0.15) is 6.92 Å². The van der Waals surface area contributed by atoms with E-state index >= 15 is 0 Å². The Morgan fingerprint density at radius 2 is 2.13 bits per heavy atom. The maximum absolute atomic E-state index is 10.9. The third kappa shape index (κ3) is 1.99. The molecule has 5 heteroatoms. The highest BCUT2D eigenvalue weighted by Gasteiger charge is 2.21. The molecule has 0 saturated heterocycles. The van der Waals surface area contributed by atoms with E-state index in [9.17, 15) is 4.79 Å². The van der Waals surface area contributed by atoms with E-state index in [2.05, 4.69) is 0 Å². The van der Waals surface area contributed by atoms with Crippen LogP contribution in [0, 0.1) is 0 Å². The summed E-state index contributed by atoms with van der Waals surface area (Å²) in [6, 6.07) is 3.29. The molecule has 1 aliphatic rings. The van der Waals surface area contributed by atoms with Crippen molar-refractivity contribution in [2.45, 2.75) is 6.92 Å². The molecular weight excluding hydrogens is 220 g/mol. The van der Waals surface area contributed by atoms with Gasteiger partial charge in [-0.2, -0.15) is 0 Å². The number of benzene rings is 1. The quantitative estimate of drug-likeness (QED) is 0.545. The van der Waals surface area contributed by atoms with Gasteiger partial charge in [0.05, 0.1) is 5.02 Å². The van der Waals surface area contributed by atoms with Crippen LogP contribution >= 0.6 is 11.6 Å². The Balaban J connectivity index is 2.45. The van der Waals surface area contributed by atoms with Crippen LogP contribution in [0.5, 0.6) is 17.2 Å². The summed E-state index contributed by atoms with van der Waals surface area (Å²) in [5.41, 5.74) is 0. The second kappa shape index (κ2) is 3.98. The molecule has 0 saturated carbocycles. The van der Waals surface area contributed by atoms with Gasteiger partial charge in [0, 0.05) is 6.92 Å². The van der Waals surface area contributed by atoms with Crippen molar-refractivity contribution in [1.82, 2.24) is 0 Å². The van der Waals surface area contributed by atoms with E-state index in [-0.39, 0.29) is 5.75 Å². The van der Waals surface area contributed by atoms with Crippen molar-refractivity contribution >= 4 is 17.6 Å². The topological polar surface area (TPSA) is 44.8 Å². The lowest BCUT2D eigenvalue weighted by Crippen LogP contribution is -2.16. The molecule has 0 aromatic heterocycles. The first-order valence-corrected chi connectivity index (χ1v) is 4.83. The van der Waals surface area contributed by atoms with Gasteiger partial charge in [-0.1, -0.05) is 11.6 Å². The number of esters is 1. The van der Waals surface area contributed by atoms with Crippen molar-refractivity contribution < 1.29 is 19.0 Å². The summed E-state index contributed by atoms with van der Waals surface area (Å²) in [4.78, 5) is 10.9.